The number of aliphatic imine (C=N–C) groups is 1. The number of halogens is 1. The average Bonchev–Trinajstić information content (AvgIpc) is 2.98. The summed E-state index contributed by atoms with van der Waals surface area (Å²) < 4.78 is 0. The fraction of sp³-hybridized carbons (Fsp3) is 0.105. The molecule has 118 valence electrons. The molecule has 3 rings (SSSR count). The van der Waals surface area contributed by atoms with Crippen molar-refractivity contribution >= 4 is 40.7 Å². The third-order valence-corrected chi connectivity index (χ3v) is 4.40. The molecule has 0 radical (unpaired) electrons. The molecule has 4 heteroatoms. The number of hydrogen-bond donors (Lipinski definition) is 0. The lowest BCUT2D eigenvalue weighted by atomic mass is 10.1. The highest BCUT2D eigenvalue weighted by Gasteiger charge is 2.25. The molecule has 2 aromatic carbocycles. The Balaban J connectivity index is 0.00000192. The Morgan fingerprint density at radius 3 is 2.35 bits per heavy atom. The lowest BCUT2D eigenvalue weighted by Gasteiger charge is -2.25. The Morgan fingerprint density at radius 2 is 1.70 bits per heavy atom. The standard InChI is InChI=1S/C19H18N2S.BrH/c1-2-13-21-18(17-11-7-4-8-12-17)15-22-19(21)20-14-16-9-5-3-6-10-16;/h2-12,14-15,19H,1,13H2;1H/b20-14+;. The van der Waals surface area contributed by atoms with Crippen LogP contribution in [-0.2, 0) is 0 Å². The molecule has 2 aromatic rings. The molecule has 0 fully saturated rings. The molecule has 0 amide bonds. The minimum Gasteiger partial charge on any atom is -0.336 e. The van der Waals surface area contributed by atoms with Gasteiger partial charge in [-0.2, -0.15) is 0 Å². The fourth-order valence-electron chi connectivity index (χ4n) is 2.36. The van der Waals surface area contributed by atoms with Gasteiger partial charge in [-0.05, 0) is 16.5 Å². The van der Waals surface area contributed by atoms with Crippen molar-refractivity contribution in [2.75, 3.05) is 6.54 Å². The predicted octanol–water partition coefficient (Wildman–Crippen LogP) is 5.20. The van der Waals surface area contributed by atoms with E-state index in [1.165, 1.54) is 11.3 Å². The number of rotatable bonds is 5. The Morgan fingerprint density at radius 1 is 1.04 bits per heavy atom. The van der Waals surface area contributed by atoms with Gasteiger partial charge < -0.3 is 4.90 Å². The molecular weight excluding hydrogens is 368 g/mol. The van der Waals surface area contributed by atoms with Crippen LogP contribution in [0.1, 0.15) is 11.1 Å². The highest BCUT2D eigenvalue weighted by Crippen LogP contribution is 2.37. The monoisotopic (exact) mass is 386 g/mol. The van der Waals surface area contributed by atoms with Crippen molar-refractivity contribution in [1.29, 1.82) is 0 Å². The van der Waals surface area contributed by atoms with Crippen molar-refractivity contribution in [3.8, 4) is 0 Å². The van der Waals surface area contributed by atoms with Gasteiger partial charge in [-0.25, -0.2) is 0 Å². The van der Waals surface area contributed by atoms with Gasteiger partial charge in [0, 0.05) is 12.8 Å². The third kappa shape index (κ3) is 4.36. The normalized spacial score (nSPS) is 17.0. The Kier molecular flexibility index (Phi) is 6.68. The van der Waals surface area contributed by atoms with Gasteiger partial charge in [-0.15, -0.1) is 23.6 Å². The van der Waals surface area contributed by atoms with Gasteiger partial charge in [0.25, 0.3) is 0 Å². The summed E-state index contributed by atoms with van der Waals surface area (Å²) in [7, 11) is 0. The Hall–Kier alpha value is -1.78. The van der Waals surface area contributed by atoms with Crippen molar-refractivity contribution in [3.63, 3.8) is 0 Å². The van der Waals surface area contributed by atoms with Crippen LogP contribution in [0.15, 0.2) is 83.7 Å². The van der Waals surface area contributed by atoms with Gasteiger partial charge in [0.1, 0.15) is 0 Å². The van der Waals surface area contributed by atoms with E-state index in [2.05, 4.69) is 53.3 Å². The van der Waals surface area contributed by atoms with E-state index in [1.54, 1.807) is 11.8 Å². The Bertz CT molecular complexity index is 683. The molecule has 0 saturated heterocycles. The van der Waals surface area contributed by atoms with E-state index in [9.17, 15) is 0 Å². The molecule has 1 atom stereocenters. The molecule has 0 bridgehead atoms. The van der Waals surface area contributed by atoms with Gasteiger partial charge in [-0.3, -0.25) is 4.99 Å². The lowest BCUT2D eigenvalue weighted by molar-refractivity contribution is 0.430. The summed E-state index contributed by atoms with van der Waals surface area (Å²) in [6.07, 6.45) is 3.86. The summed E-state index contributed by atoms with van der Waals surface area (Å²) in [5.74, 6) is 0. The molecule has 0 aromatic heterocycles. The van der Waals surface area contributed by atoms with Crippen LogP contribution >= 0.6 is 28.7 Å². The summed E-state index contributed by atoms with van der Waals surface area (Å²) in [5.41, 5.74) is 3.61. The van der Waals surface area contributed by atoms with Crippen molar-refractivity contribution in [1.82, 2.24) is 4.90 Å². The zero-order valence-corrected chi connectivity index (χ0v) is 15.2. The summed E-state index contributed by atoms with van der Waals surface area (Å²) in [6.45, 7) is 4.66. The largest absolute Gasteiger partial charge is 0.336 e. The molecule has 1 unspecified atom stereocenters. The van der Waals surface area contributed by atoms with E-state index >= 15 is 0 Å². The molecule has 1 aliphatic rings. The number of benzene rings is 2. The number of thioether (sulfide) groups is 1. The molecule has 0 saturated carbocycles. The van der Waals surface area contributed by atoms with Gasteiger partial charge in [0.05, 0.1) is 5.70 Å². The van der Waals surface area contributed by atoms with Crippen molar-refractivity contribution in [2.24, 2.45) is 4.99 Å². The molecule has 23 heavy (non-hydrogen) atoms. The van der Waals surface area contributed by atoms with E-state index < -0.39 is 0 Å². The summed E-state index contributed by atoms with van der Waals surface area (Å²) in [5, 5.41) is 2.19. The van der Waals surface area contributed by atoms with E-state index in [-0.39, 0.29) is 22.5 Å². The molecule has 1 heterocycles. The molecule has 2 nitrogen and oxygen atoms in total. The van der Waals surface area contributed by atoms with Crippen molar-refractivity contribution < 1.29 is 0 Å². The summed E-state index contributed by atoms with van der Waals surface area (Å²) in [4.78, 5) is 7.00. The van der Waals surface area contributed by atoms with Crippen LogP contribution in [0.4, 0.5) is 0 Å². The quantitative estimate of drug-likeness (QED) is 0.518. The fourth-order valence-corrected chi connectivity index (χ4v) is 3.36. The lowest BCUT2D eigenvalue weighted by Crippen LogP contribution is -2.26. The van der Waals surface area contributed by atoms with Crippen LogP contribution in [0.3, 0.4) is 0 Å². The van der Waals surface area contributed by atoms with Gasteiger partial charge in [0.2, 0.25) is 0 Å². The molecule has 0 aliphatic carbocycles. The van der Waals surface area contributed by atoms with Gasteiger partial charge in [0.15, 0.2) is 5.50 Å². The van der Waals surface area contributed by atoms with E-state index in [4.69, 9.17) is 4.99 Å². The maximum atomic E-state index is 4.73. The highest BCUT2D eigenvalue weighted by molar-refractivity contribution is 8.93. The van der Waals surface area contributed by atoms with Crippen LogP contribution in [0.25, 0.3) is 5.70 Å². The minimum absolute atomic E-state index is 0. The molecule has 0 N–H and O–H groups in total. The highest BCUT2D eigenvalue weighted by atomic mass is 79.9. The number of nitrogens with zero attached hydrogens (tertiary/aromatic N) is 2. The maximum absolute atomic E-state index is 4.73. The van der Waals surface area contributed by atoms with Crippen molar-refractivity contribution in [3.05, 3.63) is 89.9 Å². The smallest absolute Gasteiger partial charge is 0.173 e. The molecule has 0 spiro atoms. The first-order valence-electron chi connectivity index (χ1n) is 7.25. The van der Waals surface area contributed by atoms with Crippen LogP contribution in [-0.4, -0.2) is 23.2 Å². The first-order valence-corrected chi connectivity index (χ1v) is 8.19. The molecular formula is C19H19BrN2S. The molecule has 1 aliphatic heterocycles. The van der Waals surface area contributed by atoms with E-state index in [0.29, 0.717) is 0 Å². The van der Waals surface area contributed by atoms with Crippen LogP contribution in [0.2, 0.25) is 0 Å². The minimum atomic E-state index is 0. The summed E-state index contributed by atoms with van der Waals surface area (Å²) in [6, 6.07) is 20.6. The van der Waals surface area contributed by atoms with E-state index in [0.717, 1.165) is 12.1 Å². The second kappa shape index (κ2) is 8.75. The SMILES string of the molecule is Br.C=CCN1C(c2ccccc2)=CSC1/N=C/c1ccccc1. The Labute approximate surface area is 152 Å². The van der Waals surface area contributed by atoms with Crippen LogP contribution in [0.5, 0.6) is 0 Å². The second-order valence-corrected chi connectivity index (χ2v) is 5.89. The third-order valence-electron chi connectivity index (χ3n) is 3.42. The zero-order chi connectivity index (χ0) is 15.2. The summed E-state index contributed by atoms with van der Waals surface area (Å²) >= 11 is 1.73. The van der Waals surface area contributed by atoms with Crippen molar-refractivity contribution in [2.45, 2.75) is 5.50 Å². The number of hydrogen-bond acceptors (Lipinski definition) is 3. The second-order valence-electron chi connectivity index (χ2n) is 4.96. The van der Waals surface area contributed by atoms with E-state index in [1.807, 2.05) is 36.6 Å². The van der Waals surface area contributed by atoms with Gasteiger partial charge in [-0.1, -0.05) is 78.5 Å². The first-order chi connectivity index (χ1) is 10.9. The van der Waals surface area contributed by atoms with Gasteiger partial charge >= 0.3 is 0 Å². The average molecular weight is 387 g/mol. The maximum Gasteiger partial charge on any atom is 0.173 e. The first kappa shape index (κ1) is 17.6. The zero-order valence-electron chi connectivity index (χ0n) is 12.7. The topological polar surface area (TPSA) is 15.6 Å². The van der Waals surface area contributed by atoms with Crippen LogP contribution in [0, 0.1) is 0 Å². The predicted molar refractivity (Wildman–Crippen MR) is 107 cm³/mol. The van der Waals surface area contributed by atoms with Crippen LogP contribution < -0.4 is 0 Å².